The van der Waals surface area contributed by atoms with Gasteiger partial charge in [0.05, 0.1) is 10.7 Å². The van der Waals surface area contributed by atoms with E-state index >= 15 is 0 Å². The number of nitrogens with one attached hydrogen (secondary N) is 1. The van der Waals surface area contributed by atoms with Crippen molar-refractivity contribution >= 4 is 52.5 Å². The number of thioether (sulfide) groups is 1. The Hall–Kier alpha value is -2.29. The minimum absolute atomic E-state index is 0.0149. The summed E-state index contributed by atoms with van der Waals surface area (Å²) in [4.78, 5) is 38.2. The molecule has 0 unspecified atom stereocenters. The monoisotopic (exact) mass is 525 g/mol. The molecule has 2 atom stereocenters. The molecule has 0 aliphatic heterocycles. The fourth-order valence-electron chi connectivity index (χ4n) is 3.27. The summed E-state index contributed by atoms with van der Waals surface area (Å²) in [7, 11) is 0. The first-order chi connectivity index (χ1) is 16.2. The van der Waals surface area contributed by atoms with E-state index in [2.05, 4.69) is 5.32 Å². The maximum atomic E-state index is 13.3. The Morgan fingerprint density at radius 1 is 1.09 bits per heavy atom. The summed E-state index contributed by atoms with van der Waals surface area (Å²) in [5.41, 5.74) is 1.48. The Morgan fingerprint density at radius 3 is 2.24 bits per heavy atom. The van der Waals surface area contributed by atoms with Gasteiger partial charge in [0.1, 0.15) is 6.04 Å². The third kappa shape index (κ3) is 7.89. The van der Waals surface area contributed by atoms with E-state index in [1.165, 1.54) is 28.8 Å². The second-order valence-corrected chi connectivity index (χ2v) is 9.68. The maximum Gasteiger partial charge on any atom is 0.269 e. The van der Waals surface area contributed by atoms with Crippen LogP contribution in [0.25, 0.3) is 0 Å². The third-order valence-electron chi connectivity index (χ3n) is 5.42. The van der Waals surface area contributed by atoms with Crippen LogP contribution in [-0.4, -0.2) is 39.5 Å². The zero-order chi connectivity index (χ0) is 25.3. The highest BCUT2D eigenvalue weighted by Crippen LogP contribution is 2.27. The van der Waals surface area contributed by atoms with Crippen LogP contribution in [0.5, 0.6) is 0 Å². The highest BCUT2D eigenvalue weighted by Gasteiger charge is 2.30. The lowest BCUT2D eigenvalue weighted by molar-refractivity contribution is -0.384. The van der Waals surface area contributed by atoms with Crippen molar-refractivity contribution in [3.05, 3.63) is 73.8 Å². The predicted octanol–water partition coefficient (Wildman–Crippen LogP) is 5.86. The molecule has 34 heavy (non-hydrogen) atoms. The number of halogens is 2. The summed E-state index contributed by atoms with van der Waals surface area (Å²) < 4.78 is 0. The van der Waals surface area contributed by atoms with Crippen LogP contribution in [0, 0.1) is 10.1 Å². The number of nitro benzene ring substituents is 1. The molecule has 0 aliphatic rings. The topological polar surface area (TPSA) is 92.6 Å². The molecule has 0 saturated carbocycles. The van der Waals surface area contributed by atoms with Crippen LogP contribution in [0.1, 0.15) is 44.7 Å². The largest absolute Gasteiger partial charge is 0.352 e. The molecule has 184 valence electrons. The summed E-state index contributed by atoms with van der Waals surface area (Å²) >= 11 is 14.1. The van der Waals surface area contributed by atoms with Gasteiger partial charge in [0, 0.05) is 46.1 Å². The van der Waals surface area contributed by atoms with Crippen molar-refractivity contribution in [1.82, 2.24) is 10.2 Å². The highest BCUT2D eigenvalue weighted by atomic mass is 35.5. The zero-order valence-electron chi connectivity index (χ0n) is 19.4. The number of nitrogens with zero attached hydrogens (tertiary/aromatic N) is 2. The summed E-state index contributed by atoms with van der Waals surface area (Å²) in [6.45, 7) is 5.87. The van der Waals surface area contributed by atoms with Gasteiger partial charge in [0.25, 0.3) is 5.69 Å². The van der Waals surface area contributed by atoms with Crippen LogP contribution in [0.15, 0.2) is 42.5 Å². The van der Waals surface area contributed by atoms with Crippen LogP contribution >= 0.6 is 35.0 Å². The van der Waals surface area contributed by atoms with E-state index in [0.717, 1.165) is 12.0 Å². The van der Waals surface area contributed by atoms with Crippen LogP contribution in [0.2, 0.25) is 10.0 Å². The van der Waals surface area contributed by atoms with Crippen molar-refractivity contribution in [3.8, 4) is 0 Å². The first kappa shape index (κ1) is 28.0. The highest BCUT2D eigenvalue weighted by molar-refractivity contribution is 7.99. The van der Waals surface area contributed by atoms with Gasteiger partial charge in [0.2, 0.25) is 11.8 Å². The van der Waals surface area contributed by atoms with Gasteiger partial charge in [-0.2, -0.15) is 0 Å². The Morgan fingerprint density at radius 2 is 1.71 bits per heavy atom. The number of carbonyl (C=O) groups excluding carboxylic acids is 2. The van der Waals surface area contributed by atoms with E-state index in [1.807, 2.05) is 20.8 Å². The Kier molecular flexibility index (Phi) is 11.1. The van der Waals surface area contributed by atoms with E-state index < -0.39 is 11.0 Å². The van der Waals surface area contributed by atoms with E-state index in [4.69, 9.17) is 23.2 Å². The number of carbonyl (C=O) groups is 2. The minimum atomic E-state index is -0.672. The standard InChI is InChI=1S/C24H29Cl2N3O4S/c1-4-16(3)27-24(31)22(5-2)28(13-19-20(25)7-6-8-21(19)26)23(30)15-34-14-17-9-11-18(12-10-17)29(32)33/h6-12,16,22H,4-5,13-15H2,1-3H3,(H,27,31)/t16-,22-/m0/s1. The van der Waals surface area contributed by atoms with E-state index in [0.29, 0.717) is 27.8 Å². The molecule has 2 aromatic rings. The summed E-state index contributed by atoms with van der Waals surface area (Å²) in [5, 5.41) is 14.7. The number of nitro groups is 1. The fraction of sp³-hybridized carbons (Fsp3) is 0.417. The molecule has 7 nitrogen and oxygen atoms in total. The fourth-order valence-corrected chi connectivity index (χ4v) is 4.65. The molecule has 0 saturated heterocycles. The molecule has 0 aromatic heterocycles. The number of non-ortho nitro benzene ring substituents is 1. The van der Waals surface area contributed by atoms with Gasteiger partial charge in [-0.15, -0.1) is 11.8 Å². The number of hydrogen-bond donors (Lipinski definition) is 1. The molecule has 2 amide bonds. The quantitative estimate of drug-likeness (QED) is 0.276. The molecule has 0 fully saturated rings. The van der Waals surface area contributed by atoms with E-state index in [-0.39, 0.29) is 35.8 Å². The van der Waals surface area contributed by atoms with Crippen molar-refractivity contribution in [2.75, 3.05) is 5.75 Å². The third-order valence-corrected chi connectivity index (χ3v) is 7.12. The molecule has 0 radical (unpaired) electrons. The zero-order valence-corrected chi connectivity index (χ0v) is 21.8. The van der Waals surface area contributed by atoms with Gasteiger partial charge in [-0.3, -0.25) is 19.7 Å². The van der Waals surface area contributed by atoms with E-state index in [1.54, 1.807) is 30.3 Å². The summed E-state index contributed by atoms with van der Waals surface area (Å²) in [6, 6.07) is 10.7. The Balaban J connectivity index is 2.18. The number of benzene rings is 2. The summed E-state index contributed by atoms with van der Waals surface area (Å²) in [6.07, 6.45) is 1.21. The molecule has 0 heterocycles. The van der Waals surface area contributed by atoms with Crippen LogP contribution in [0.3, 0.4) is 0 Å². The SMILES string of the molecule is CC[C@H](C)NC(=O)[C@H](CC)N(Cc1c(Cl)cccc1Cl)C(=O)CSCc1ccc([N+](=O)[O-])cc1. The molecule has 0 bridgehead atoms. The molecule has 2 aromatic carbocycles. The lowest BCUT2D eigenvalue weighted by Gasteiger charge is -2.32. The predicted molar refractivity (Wildman–Crippen MR) is 138 cm³/mol. The van der Waals surface area contributed by atoms with Gasteiger partial charge >= 0.3 is 0 Å². The molecular formula is C24H29Cl2N3O4S. The Bertz CT molecular complexity index is 984. The lowest BCUT2D eigenvalue weighted by Crippen LogP contribution is -2.51. The Labute approximate surface area is 214 Å². The van der Waals surface area contributed by atoms with Crippen molar-refractivity contribution < 1.29 is 14.5 Å². The molecule has 0 aliphatic carbocycles. The van der Waals surface area contributed by atoms with Crippen molar-refractivity contribution in [3.63, 3.8) is 0 Å². The molecule has 1 N–H and O–H groups in total. The summed E-state index contributed by atoms with van der Waals surface area (Å²) in [5.74, 6) is 0.203. The first-order valence-corrected chi connectivity index (χ1v) is 12.9. The minimum Gasteiger partial charge on any atom is -0.352 e. The van der Waals surface area contributed by atoms with Crippen LogP contribution < -0.4 is 5.32 Å². The van der Waals surface area contributed by atoms with Gasteiger partial charge in [-0.05, 0) is 37.5 Å². The molecule has 10 heteroatoms. The normalized spacial score (nSPS) is 12.6. The molecule has 0 spiro atoms. The molecule has 2 rings (SSSR count). The number of hydrogen-bond acceptors (Lipinski definition) is 5. The number of rotatable bonds is 12. The van der Waals surface area contributed by atoms with Gasteiger partial charge < -0.3 is 10.2 Å². The number of amides is 2. The average molecular weight is 526 g/mol. The van der Waals surface area contributed by atoms with Crippen molar-refractivity contribution in [2.24, 2.45) is 0 Å². The maximum absolute atomic E-state index is 13.3. The molecular weight excluding hydrogens is 497 g/mol. The van der Waals surface area contributed by atoms with Crippen LogP contribution in [0.4, 0.5) is 5.69 Å². The lowest BCUT2D eigenvalue weighted by atomic mass is 10.1. The van der Waals surface area contributed by atoms with Gasteiger partial charge in [0.15, 0.2) is 0 Å². The smallest absolute Gasteiger partial charge is 0.269 e. The van der Waals surface area contributed by atoms with Crippen molar-refractivity contribution in [1.29, 1.82) is 0 Å². The average Bonchev–Trinajstić information content (AvgIpc) is 2.80. The van der Waals surface area contributed by atoms with E-state index in [9.17, 15) is 19.7 Å². The van der Waals surface area contributed by atoms with Crippen molar-refractivity contribution in [2.45, 2.75) is 58.0 Å². The van der Waals surface area contributed by atoms with Crippen LogP contribution in [-0.2, 0) is 21.9 Å². The second kappa shape index (κ2) is 13.6. The van der Waals surface area contributed by atoms with Gasteiger partial charge in [-0.1, -0.05) is 55.2 Å². The first-order valence-electron chi connectivity index (χ1n) is 11.0. The second-order valence-electron chi connectivity index (χ2n) is 7.88. The van der Waals surface area contributed by atoms with Gasteiger partial charge in [-0.25, -0.2) is 0 Å².